The fraction of sp³-hybridized carbons (Fsp3) is 0.214. The average molecular weight is 755 g/mol. The molecule has 50 heavy (non-hydrogen) atoms. The van der Waals surface area contributed by atoms with Crippen molar-refractivity contribution in [1.29, 1.82) is 0 Å². The lowest BCUT2D eigenvalue weighted by Gasteiger charge is -2.20. The minimum absolute atomic E-state index is 0.00351. The van der Waals surface area contributed by atoms with Gasteiger partial charge in [0.25, 0.3) is 20.2 Å². The molecule has 4 rings (SSSR count). The lowest BCUT2D eigenvalue weighted by Crippen LogP contribution is -2.35. The number of hydrogen-bond acceptors (Lipinski definition) is 16. The van der Waals surface area contributed by atoms with Gasteiger partial charge in [-0.3, -0.25) is 9.11 Å². The number of aromatic hydroxyl groups is 1. The standard InChI is InChI=1S/C28H30N6O13S3/c1-46-23-15-22(32-33-27-25(50(43,44)45)12-16-11-19(49(40,41)42)13-20(29)26(16)28(27)37)24(47-2)14-21(23)31-30-17-3-5-18(6-4-17)48(38,39)34(7-9-35)8-10-36/h3-6,11-15,35-37H,7-10,29H2,1-2H3,(H,40,41,42)(H,43,44,45). The molecule has 0 bridgehead atoms. The number of sulfonamides is 1. The number of methoxy groups -OCH3 is 2. The van der Waals surface area contributed by atoms with Gasteiger partial charge in [-0.2, -0.15) is 26.3 Å². The van der Waals surface area contributed by atoms with Gasteiger partial charge in [-0.1, -0.05) is 0 Å². The molecule has 0 aliphatic rings. The van der Waals surface area contributed by atoms with Gasteiger partial charge < -0.3 is 30.5 Å². The number of ether oxygens (including phenoxy) is 2. The molecule has 0 saturated carbocycles. The van der Waals surface area contributed by atoms with Crippen LogP contribution in [0.25, 0.3) is 10.8 Å². The Bertz CT molecular complexity index is 2310. The van der Waals surface area contributed by atoms with Crippen molar-refractivity contribution < 1.29 is 59.2 Å². The van der Waals surface area contributed by atoms with Crippen LogP contribution in [-0.4, -0.2) is 94.5 Å². The van der Waals surface area contributed by atoms with Crippen LogP contribution in [0.3, 0.4) is 0 Å². The number of hydrogen-bond donors (Lipinski definition) is 6. The Labute approximate surface area is 285 Å². The SMILES string of the molecule is COc1cc(N=Nc2c(S(=O)(=O)O)cc3cc(S(=O)(=O)O)cc(N)c3c2O)c(OC)cc1N=Nc1ccc(S(=O)(=O)N(CCO)CCO)cc1. The summed E-state index contributed by atoms with van der Waals surface area (Å²) in [7, 11) is -11.3. The van der Waals surface area contributed by atoms with Crippen molar-refractivity contribution in [3.8, 4) is 17.2 Å². The summed E-state index contributed by atoms with van der Waals surface area (Å²) < 4.78 is 104. The van der Waals surface area contributed by atoms with E-state index in [9.17, 15) is 49.7 Å². The van der Waals surface area contributed by atoms with Crippen LogP contribution in [0, 0.1) is 0 Å². The number of azo groups is 2. The Kier molecular flexibility index (Phi) is 11.4. The maximum absolute atomic E-state index is 12.8. The molecule has 0 aliphatic carbocycles. The molecule has 0 unspecified atom stereocenters. The molecule has 0 amide bonds. The molecular weight excluding hydrogens is 725 g/mol. The summed E-state index contributed by atoms with van der Waals surface area (Å²) in [5.41, 5.74) is 5.02. The molecule has 0 saturated heterocycles. The van der Waals surface area contributed by atoms with Crippen molar-refractivity contribution in [2.24, 2.45) is 20.5 Å². The molecule has 4 aromatic carbocycles. The second kappa shape index (κ2) is 15.0. The molecule has 7 N–H and O–H groups in total. The summed E-state index contributed by atoms with van der Waals surface area (Å²) in [6.45, 7) is -1.29. The van der Waals surface area contributed by atoms with E-state index in [4.69, 9.17) is 15.2 Å². The van der Waals surface area contributed by atoms with E-state index in [0.717, 1.165) is 22.5 Å². The highest BCUT2D eigenvalue weighted by molar-refractivity contribution is 7.89. The normalized spacial score (nSPS) is 12.8. The summed E-state index contributed by atoms with van der Waals surface area (Å²) in [6, 6.07) is 10.3. The first-order valence-electron chi connectivity index (χ1n) is 13.9. The van der Waals surface area contributed by atoms with E-state index in [1.165, 1.54) is 50.6 Å². The zero-order chi connectivity index (χ0) is 37.0. The first-order valence-corrected chi connectivity index (χ1v) is 18.2. The third-order valence-electron chi connectivity index (χ3n) is 6.91. The Morgan fingerprint density at radius 2 is 1.26 bits per heavy atom. The van der Waals surface area contributed by atoms with Gasteiger partial charge in [0, 0.05) is 36.3 Å². The van der Waals surface area contributed by atoms with Crippen LogP contribution in [0.4, 0.5) is 28.4 Å². The second-order valence-corrected chi connectivity index (χ2v) is 14.8. The number of nitrogens with zero attached hydrogens (tertiary/aromatic N) is 5. The molecule has 268 valence electrons. The van der Waals surface area contributed by atoms with Gasteiger partial charge in [0.05, 0.1) is 42.9 Å². The molecule has 0 atom stereocenters. The fourth-order valence-electron chi connectivity index (χ4n) is 4.58. The summed E-state index contributed by atoms with van der Waals surface area (Å²) in [6.07, 6.45) is 0. The van der Waals surface area contributed by atoms with Gasteiger partial charge in [-0.05, 0) is 47.9 Å². The van der Waals surface area contributed by atoms with E-state index in [1.54, 1.807) is 0 Å². The van der Waals surface area contributed by atoms with Crippen molar-refractivity contribution in [2.75, 3.05) is 46.3 Å². The maximum atomic E-state index is 12.8. The van der Waals surface area contributed by atoms with Crippen molar-refractivity contribution in [1.82, 2.24) is 4.31 Å². The zero-order valence-corrected chi connectivity index (χ0v) is 28.5. The number of aliphatic hydroxyl groups excluding tert-OH is 2. The molecule has 22 heteroatoms. The van der Waals surface area contributed by atoms with E-state index in [-0.39, 0.29) is 63.0 Å². The number of rotatable bonds is 14. The highest BCUT2D eigenvalue weighted by Gasteiger charge is 2.26. The molecule has 0 fully saturated rings. The molecule has 0 heterocycles. The van der Waals surface area contributed by atoms with Crippen LogP contribution in [-0.2, 0) is 30.3 Å². The van der Waals surface area contributed by atoms with E-state index in [1.807, 2.05) is 0 Å². The van der Waals surface area contributed by atoms with Gasteiger partial charge in [0.15, 0.2) is 5.75 Å². The lowest BCUT2D eigenvalue weighted by molar-refractivity contribution is 0.217. The first-order chi connectivity index (χ1) is 23.5. The summed E-state index contributed by atoms with van der Waals surface area (Å²) >= 11 is 0. The van der Waals surface area contributed by atoms with Crippen LogP contribution in [0.1, 0.15) is 0 Å². The predicted molar refractivity (Wildman–Crippen MR) is 177 cm³/mol. The van der Waals surface area contributed by atoms with Gasteiger partial charge >= 0.3 is 0 Å². The fourth-order valence-corrected chi connectivity index (χ4v) is 7.21. The van der Waals surface area contributed by atoms with E-state index in [2.05, 4.69) is 20.5 Å². The zero-order valence-electron chi connectivity index (χ0n) is 26.1. The highest BCUT2D eigenvalue weighted by Crippen LogP contribution is 2.46. The lowest BCUT2D eigenvalue weighted by atomic mass is 10.1. The quantitative estimate of drug-likeness (QED) is 0.0611. The topological polar surface area (TPSA) is 301 Å². The van der Waals surface area contributed by atoms with Crippen LogP contribution >= 0.6 is 0 Å². The number of anilines is 1. The number of phenolic OH excluding ortho intramolecular Hbond substituents is 1. The third kappa shape index (κ3) is 8.14. The number of phenols is 1. The number of nitrogen functional groups attached to an aromatic ring is 1. The molecule has 19 nitrogen and oxygen atoms in total. The van der Waals surface area contributed by atoms with Crippen LogP contribution < -0.4 is 15.2 Å². The van der Waals surface area contributed by atoms with Crippen LogP contribution in [0.15, 0.2) is 89.7 Å². The van der Waals surface area contributed by atoms with Gasteiger partial charge in [0.2, 0.25) is 10.0 Å². The summed E-state index contributed by atoms with van der Waals surface area (Å²) in [5, 5.41) is 44.8. The number of nitrogens with two attached hydrogens (primary N) is 1. The van der Waals surface area contributed by atoms with Crippen LogP contribution in [0.5, 0.6) is 17.2 Å². The van der Waals surface area contributed by atoms with Crippen LogP contribution in [0.2, 0.25) is 0 Å². The second-order valence-electron chi connectivity index (χ2n) is 10.1. The van der Waals surface area contributed by atoms with E-state index >= 15 is 0 Å². The monoisotopic (exact) mass is 754 g/mol. The van der Waals surface area contributed by atoms with Gasteiger partial charge in [-0.25, -0.2) is 8.42 Å². The summed E-state index contributed by atoms with van der Waals surface area (Å²) in [5.74, 6) is -0.821. The molecule has 0 aromatic heterocycles. The van der Waals surface area contributed by atoms with E-state index < -0.39 is 64.7 Å². The largest absolute Gasteiger partial charge is 0.505 e. The van der Waals surface area contributed by atoms with Gasteiger partial charge in [-0.15, -0.1) is 15.3 Å². The maximum Gasteiger partial charge on any atom is 0.296 e. The number of aliphatic hydroxyl groups is 2. The third-order valence-corrected chi connectivity index (χ3v) is 10.5. The molecule has 0 spiro atoms. The number of benzene rings is 4. The minimum Gasteiger partial charge on any atom is -0.505 e. The van der Waals surface area contributed by atoms with Crippen molar-refractivity contribution in [3.05, 3.63) is 54.6 Å². The Morgan fingerprint density at radius 3 is 1.74 bits per heavy atom. The van der Waals surface area contributed by atoms with Crippen molar-refractivity contribution >= 4 is 69.5 Å². The smallest absolute Gasteiger partial charge is 0.296 e. The van der Waals surface area contributed by atoms with Crippen molar-refractivity contribution in [3.63, 3.8) is 0 Å². The summed E-state index contributed by atoms with van der Waals surface area (Å²) in [4.78, 5) is -1.77. The molecular formula is C28H30N6O13S3. The Balaban J connectivity index is 1.73. The highest BCUT2D eigenvalue weighted by atomic mass is 32.2. The number of fused-ring (bicyclic) bond motifs is 1. The Hall–Kier alpha value is -4.81. The first kappa shape index (κ1) is 38.0. The van der Waals surface area contributed by atoms with E-state index in [0.29, 0.717) is 0 Å². The molecule has 0 aliphatic heterocycles. The molecule has 0 radical (unpaired) electrons. The predicted octanol–water partition coefficient (Wildman–Crippen LogP) is 3.44. The minimum atomic E-state index is -5.11. The van der Waals surface area contributed by atoms with Gasteiger partial charge in [0.1, 0.15) is 33.5 Å². The van der Waals surface area contributed by atoms with Crippen molar-refractivity contribution in [2.45, 2.75) is 14.7 Å². The Morgan fingerprint density at radius 1 is 0.720 bits per heavy atom. The molecule has 4 aromatic rings. The average Bonchev–Trinajstić information content (AvgIpc) is 3.05.